The fourth-order valence-electron chi connectivity index (χ4n) is 9.68. The van der Waals surface area contributed by atoms with Crippen molar-refractivity contribution in [1.29, 1.82) is 0 Å². The van der Waals surface area contributed by atoms with Crippen LogP contribution in [0.5, 0.6) is 5.75 Å². The Balaban J connectivity index is 0.000000141. The van der Waals surface area contributed by atoms with Crippen molar-refractivity contribution < 1.29 is 10.0 Å². The van der Waals surface area contributed by atoms with E-state index >= 15 is 0 Å². The summed E-state index contributed by atoms with van der Waals surface area (Å²) in [6.07, 6.45) is 3.96. The molecule has 0 saturated carbocycles. The summed E-state index contributed by atoms with van der Waals surface area (Å²) in [4.78, 5) is 48.7. The lowest BCUT2D eigenvalue weighted by Crippen LogP contribution is -2.46. The van der Waals surface area contributed by atoms with Gasteiger partial charge in [-0.15, -0.1) is 0 Å². The molecule has 2 N–H and O–H groups in total. The summed E-state index contributed by atoms with van der Waals surface area (Å²) >= 11 is 0. The Hall–Kier alpha value is -8.80. The zero-order chi connectivity index (χ0) is 53.1. The molecular weight excluding hydrogens is 959 g/mol. The average Bonchev–Trinajstić information content (AvgIpc) is 4.08. The van der Waals surface area contributed by atoms with Crippen LogP contribution in [0.4, 0.5) is 39.8 Å². The van der Waals surface area contributed by atoms with Gasteiger partial charge in [-0.3, -0.25) is 10.1 Å². The number of nitrogens with zero attached hydrogens (tertiary/aromatic N) is 12. The summed E-state index contributed by atoms with van der Waals surface area (Å²) in [5.41, 5.74) is 11.1. The standard InChI is InChI=1S/C22H27N5O2.C19H21N5O.C17H19N3O2/c1-3-17(2)27-22(29)26(16-23-27)20-6-4-18(5-7-20)24-12-14-25(15-13-24)19-8-10-21(28)11-9-19;1-15-2-4-16(5-3-15)22-10-12-23(13-11-22)17-6-8-18(9-7-17)24-14-20-21-19(24)25;1-14-2-4-15(5-3-14)18-10-12-19(13-11-18)16-6-8-17(9-7-16)20(21)22/h4-11,16-17,28H,3,12-15H2,1-2H3;2-9,14H,10-13H2,1H3,(H,21,25);2-9H,10-13H2,1H3. The minimum absolute atomic E-state index is 0.0906. The van der Waals surface area contributed by atoms with Crippen molar-refractivity contribution in [2.75, 3.05) is 108 Å². The summed E-state index contributed by atoms with van der Waals surface area (Å²) in [5.74, 6) is 0.293. The van der Waals surface area contributed by atoms with Gasteiger partial charge < -0.3 is 34.5 Å². The van der Waals surface area contributed by atoms with Crippen LogP contribution in [0.25, 0.3) is 11.4 Å². The molecule has 18 heteroatoms. The Kier molecular flexibility index (Phi) is 16.5. The van der Waals surface area contributed by atoms with E-state index in [1.165, 1.54) is 43.8 Å². The number of piperazine rings is 3. The topological polar surface area (TPSA) is 173 Å². The van der Waals surface area contributed by atoms with Crippen LogP contribution in [-0.4, -0.2) is 118 Å². The zero-order valence-corrected chi connectivity index (χ0v) is 43.7. The number of aromatic hydroxyl groups is 1. The lowest BCUT2D eigenvalue weighted by atomic mass is 10.2. The first-order valence-corrected chi connectivity index (χ1v) is 26.1. The highest BCUT2D eigenvalue weighted by atomic mass is 16.6. The lowest BCUT2D eigenvalue weighted by molar-refractivity contribution is -0.384. The summed E-state index contributed by atoms with van der Waals surface area (Å²) in [7, 11) is 0. The van der Waals surface area contributed by atoms with Crippen molar-refractivity contribution >= 4 is 39.8 Å². The molecule has 0 aliphatic carbocycles. The summed E-state index contributed by atoms with van der Waals surface area (Å²) in [5, 5.41) is 30.6. The van der Waals surface area contributed by atoms with Gasteiger partial charge in [0.1, 0.15) is 18.4 Å². The summed E-state index contributed by atoms with van der Waals surface area (Å²) < 4.78 is 4.63. The second kappa shape index (κ2) is 24.0. The zero-order valence-electron chi connectivity index (χ0n) is 43.7. The smallest absolute Gasteiger partial charge is 0.350 e. The molecule has 18 nitrogen and oxygen atoms in total. The largest absolute Gasteiger partial charge is 0.508 e. The second-order valence-corrected chi connectivity index (χ2v) is 19.4. The van der Waals surface area contributed by atoms with E-state index in [2.05, 4.69) is 131 Å². The van der Waals surface area contributed by atoms with Crippen LogP contribution in [-0.2, 0) is 0 Å². The Morgan fingerprint density at radius 1 is 0.500 bits per heavy atom. The van der Waals surface area contributed by atoms with E-state index in [1.807, 2.05) is 62.4 Å². The van der Waals surface area contributed by atoms with E-state index in [9.17, 15) is 24.8 Å². The predicted octanol–water partition coefficient (Wildman–Crippen LogP) is 8.46. The van der Waals surface area contributed by atoms with Gasteiger partial charge in [-0.05, 0) is 136 Å². The van der Waals surface area contributed by atoms with Gasteiger partial charge in [0, 0.05) is 125 Å². The maximum atomic E-state index is 12.6. The van der Waals surface area contributed by atoms with Crippen LogP contribution in [0.15, 0.2) is 168 Å². The molecule has 1 atom stereocenters. The summed E-state index contributed by atoms with van der Waals surface area (Å²) in [6, 6.07) is 47.7. The van der Waals surface area contributed by atoms with Crippen LogP contribution in [0.3, 0.4) is 0 Å². The number of non-ortho nitro benzene ring substituents is 1. The van der Waals surface area contributed by atoms with E-state index in [-0.39, 0.29) is 28.0 Å². The Labute approximate surface area is 443 Å². The molecule has 0 spiro atoms. The Morgan fingerprint density at radius 2 is 0.816 bits per heavy atom. The highest BCUT2D eigenvalue weighted by molar-refractivity contribution is 5.57. The molecule has 6 aromatic carbocycles. The average molecular weight is 1030 g/mol. The number of nitro groups is 1. The highest BCUT2D eigenvalue weighted by Crippen LogP contribution is 2.26. The number of hydrogen-bond donors (Lipinski definition) is 2. The number of H-pyrrole nitrogens is 1. The number of aryl methyl sites for hydroxylation is 2. The van der Waals surface area contributed by atoms with Crippen molar-refractivity contribution in [1.82, 2.24) is 29.1 Å². The fraction of sp³-hybridized carbons (Fsp3) is 0.310. The number of aromatic amines is 1. The van der Waals surface area contributed by atoms with Gasteiger partial charge in [0.15, 0.2) is 0 Å². The third-order valence-electron chi connectivity index (χ3n) is 14.5. The maximum Gasteiger partial charge on any atom is 0.350 e. The number of benzene rings is 6. The van der Waals surface area contributed by atoms with E-state index in [1.54, 1.807) is 35.2 Å². The number of nitrogens with one attached hydrogen (secondary N) is 1. The molecule has 0 bridgehead atoms. The second-order valence-electron chi connectivity index (χ2n) is 19.4. The van der Waals surface area contributed by atoms with Gasteiger partial charge in [0.05, 0.1) is 22.3 Å². The quantitative estimate of drug-likeness (QED) is 0.0935. The van der Waals surface area contributed by atoms with Gasteiger partial charge in [-0.25, -0.2) is 28.5 Å². The number of phenolic OH excluding ortho intramolecular Hbond substituents is 1. The molecule has 76 heavy (non-hydrogen) atoms. The van der Waals surface area contributed by atoms with Crippen LogP contribution in [0.1, 0.15) is 37.4 Å². The first-order chi connectivity index (χ1) is 36.9. The molecule has 3 aliphatic heterocycles. The van der Waals surface area contributed by atoms with Crippen molar-refractivity contribution in [3.8, 4) is 17.1 Å². The highest BCUT2D eigenvalue weighted by Gasteiger charge is 2.21. The van der Waals surface area contributed by atoms with E-state index < -0.39 is 0 Å². The molecule has 0 amide bonds. The SMILES string of the molecule is CCC(C)n1ncn(-c2ccc(N3CCN(c4ccc(O)cc4)CC3)cc2)c1=O.Cc1ccc(N2CCN(c3ccc(-n4cn[nH]c4=O)cc3)CC2)cc1.Cc1ccc(N2CCN(c3ccc([N+](=O)[O-])cc3)CC2)cc1. The molecule has 8 aromatic rings. The van der Waals surface area contributed by atoms with Crippen LogP contribution in [0.2, 0.25) is 0 Å². The minimum atomic E-state index is -0.362. The molecule has 2 aromatic heterocycles. The molecule has 11 rings (SSSR count). The Morgan fingerprint density at radius 3 is 1.14 bits per heavy atom. The number of anilines is 6. The molecular formula is C58H67N13O5. The van der Waals surface area contributed by atoms with Crippen molar-refractivity contribution in [3.63, 3.8) is 0 Å². The van der Waals surface area contributed by atoms with Crippen molar-refractivity contribution in [2.24, 2.45) is 0 Å². The number of phenols is 1. The van der Waals surface area contributed by atoms with E-state index in [0.29, 0.717) is 5.75 Å². The molecule has 5 heterocycles. The molecule has 3 aliphatic rings. The third kappa shape index (κ3) is 12.6. The minimum Gasteiger partial charge on any atom is -0.508 e. The van der Waals surface area contributed by atoms with Gasteiger partial charge in [0.25, 0.3) is 5.69 Å². The van der Waals surface area contributed by atoms with Crippen molar-refractivity contribution in [3.05, 3.63) is 200 Å². The number of hydrogen-bond acceptors (Lipinski definition) is 13. The van der Waals surface area contributed by atoms with Gasteiger partial charge in [-0.1, -0.05) is 42.3 Å². The molecule has 0 radical (unpaired) electrons. The lowest BCUT2D eigenvalue weighted by Gasteiger charge is -2.37. The molecule has 1 unspecified atom stereocenters. The predicted molar refractivity (Wildman–Crippen MR) is 304 cm³/mol. The maximum absolute atomic E-state index is 12.6. The van der Waals surface area contributed by atoms with Crippen molar-refractivity contribution in [2.45, 2.75) is 40.2 Å². The number of rotatable bonds is 11. The number of aromatic nitrogens is 6. The normalized spacial score (nSPS) is 15.1. The molecule has 3 fully saturated rings. The summed E-state index contributed by atoms with van der Waals surface area (Å²) in [6.45, 7) is 19.7. The fourth-order valence-corrected chi connectivity index (χ4v) is 9.68. The first kappa shape index (κ1) is 52.1. The van der Waals surface area contributed by atoms with Gasteiger partial charge >= 0.3 is 11.4 Å². The van der Waals surface area contributed by atoms with Crippen LogP contribution >= 0.6 is 0 Å². The monoisotopic (exact) mass is 1030 g/mol. The third-order valence-corrected chi connectivity index (χ3v) is 14.5. The molecule has 394 valence electrons. The van der Waals surface area contributed by atoms with Crippen LogP contribution < -0.4 is 40.8 Å². The Bertz CT molecular complexity index is 3220. The molecule has 3 saturated heterocycles. The van der Waals surface area contributed by atoms with Crippen LogP contribution in [0, 0.1) is 24.0 Å². The van der Waals surface area contributed by atoms with E-state index in [0.717, 1.165) is 113 Å². The van der Waals surface area contributed by atoms with Gasteiger partial charge in [0.2, 0.25) is 0 Å². The van der Waals surface area contributed by atoms with E-state index in [4.69, 9.17) is 0 Å². The number of nitro benzene ring substituents is 1. The van der Waals surface area contributed by atoms with Gasteiger partial charge in [-0.2, -0.15) is 10.2 Å². The first-order valence-electron chi connectivity index (χ1n) is 26.1.